The van der Waals surface area contributed by atoms with Crippen molar-refractivity contribution in [3.8, 4) is 5.75 Å². The maximum atomic E-state index is 8.74. The Morgan fingerprint density at radius 3 is 2.00 bits per heavy atom. The van der Waals surface area contributed by atoms with Crippen molar-refractivity contribution in [2.24, 2.45) is 0 Å². The van der Waals surface area contributed by atoms with Crippen LogP contribution in [-0.2, 0) is 6.42 Å². The van der Waals surface area contributed by atoms with E-state index in [0.29, 0.717) is 5.75 Å². The molecule has 0 saturated carbocycles. The molecule has 0 aliphatic rings. The third kappa shape index (κ3) is 10.1. The van der Waals surface area contributed by atoms with Gasteiger partial charge < -0.3 is 14.3 Å². The fourth-order valence-corrected chi connectivity index (χ4v) is 2.41. The van der Waals surface area contributed by atoms with Crippen LogP contribution in [0.5, 0.6) is 5.75 Å². The first-order valence-corrected chi connectivity index (χ1v) is 8.33. The predicted molar refractivity (Wildman–Crippen MR) is 88.7 cm³/mol. The van der Waals surface area contributed by atoms with E-state index in [2.05, 4.69) is 6.92 Å². The van der Waals surface area contributed by atoms with Gasteiger partial charge in [0.1, 0.15) is 5.75 Å². The molecule has 0 saturated heterocycles. The Kier molecular flexibility index (Phi) is 13.2. The van der Waals surface area contributed by atoms with Crippen molar-refractivity contribution >= 4 is 35.9 Å². The fraction of sp³-hybridized carbons (Fsp3) is 0.600. The molecule has 0 atom stereocenters. The Hall–Kier alpha value is 0.292. The second-order valence-corrected chi connectivity index (χ2v) is 5.55. The SMILES string of the molecule is CCCCCCCCCc1ccc(OP(O)O)cc1.[PbH2]. The van der Waals surface area contributed by atoms with E-state index in [0.717, 1.165) is 6.42 Å². The van der Waals surface area contributed by atoms with Crippen LogP contribution in [0.2, 0.25) is 0 Å². The standard InChI is InChI=1S/C15H25O3P.Pb.2H/c1-2-3-4-5-6-7-8-9-14-10-12-15(13-11-14)18-19(16)17;;;/h10-13,16-17H,2-9H2,1H3;;;. The van der Waals surface area contributed by atoms with Crippen molar-refractivity contribution in [1.82, 2.24) is 0 Å². The number of benzene rings is 1. The molecule has 0 aliphatic heterocycles. The van der Waals surface area contributed by atoms with Crippen molar-refractivity contribution in [3.05, 3.63) is 29.8 Å². The average molecular weight is 494 g/mol. The van der Waals surface area contributed by atoms with Gasteiger partial charge in [0.2, 0.25) is 0 Å². The molecule has 0 unspecified atom stereocenters. The molecule has 0 spiro atoms. The van der Waals surface area contributed by atoms with Crippen LogP contribution < -0.4 is 4.52 Å². The van der Waals surface area contributed by atoms with Gasteiger partial charge in [-0.2, -0.15) is 0 Å². The summed E-state index contributed by atoms with van der Waals surface area (Å²) in [6.45, 7) is 2.24. The monoisotopic (exact) mass is 494 g/mol. The third-order valence-corrected chi connectivity index (χ3v) is 3.55. The summed E-state index contributed by atoms with van der Waals surface area (Å²) in [5, 5.41) is 0. The average Bonchev–Trinajstić information content (AvgIpc) is 2.39. The van der Waals surface area contributed by atoms with E-state index < -0.39 is 8.60 Å². The molecule has 0 aliphatic carbocycles. The molecule has 0 bridgehead atoms. The van der Waals surface area contributed by atoms with Crippen LogP contribution in [-0.4, -0.2) is 37.1 Å². The minimum absolute atomic E-state index is 0. The van der Waals surface area contributed by atoms with Crippen LogP contribution in [0.25, 0.3) is 0 Å². The van der Waals surface area contributed by atoms with Gasteiger partial charge in [-0.1, -0.05) is 57.6 Å². The van der Waals surface area contributed by atoms with Gasteiger partial charge in [0.05, 0.1) is 0 Å². The summed E-state index contributed by atoms with van der Waals surface area (Å²) < 4.78 is 4.83. The minimum atomic E-state index is -2.31. The van der Waals surface area contributed by atoms with Gasteiger partial charge in [-0.15, -0.1) is 0 Å². The van der Waals surface area contributed by atoms with Crippen LogP contribution in [0.3, 0.4) is 0 Å². The summed E-state index contributed by atoms with van der Waals surface area (Å²) in [6.07, 6.45) is 10.3. The van der Waals surface area contributed by atoms with E-state index in [1.807, 2.05) is 12.1 Å². The van der Waals surface area contributed by atoms with Gasteiger partial charge in [-0.25, -0.2) is 0 Å². The van der Waals surface area contributed by atoms with Gasteiger partial charge in [-0.3, -0.25) is 0 Å². The second kappa shape index (κ2) is 13.0. The zero-order chi connectivity index (χ0) is 13.9. The predicted octanol–water partition coefficient (Wildman–Crippen LogP) is 3.65. The molecule has 1 aromatic carbocycles. The number of hydrogen-bond donors (Lipinski definition) is 2. The number of hydrogen-bond acceptors (Lipinski definition) is 3. The quantitative estimate of drug-likeness (QED) is 0.297. The molecule has 1 rings (SSSR count). The van der Waals surface area contributed by atoms with E-state index >= 15 is 0 Å². The van der Waals surface area contributed by atoms with Gasteiger partial charge in [0, 0.05) is 0 Å². The first-order chi connectivity index (χ1) is 9.22. The molecule has 3 nitrogen and oxygen atoms in total. The van der Waals surface area contributed by atoms with Crippen molar-refractivity contribution in [2.45, 2.75) is 58.3 Å². The van der Waals surface area contributed by atoms with Crippen molar-refractivity contribution < 1.29 is 14.3 Å². The van der Waals surface area contributed by atoms with Gasteiger partial charge in [0.25, 0.3) is 0 Å². The molecule has 0 amide bonds. The zero-order valence-corrected chi connectivity index (χ0v) is 18.8. The Bertz CT molecular complexity index is 330. The van der Waals surface area contributed by atoms with E-state index in [1.165, 1.54) is 50.5 Å². The van der Waals surface area contributed by atoms with Crippen LogP contribution in [0.15, 0.2) is 24.3 Å². The number of unbranched alkanes of at least 4 members (excludes halogenated alkanes) is 6. The molecular formula is C15H27O3PPb. The summed E-state index contributed by atoms with van der Waals surface area (Å²) >= 11 is 0. The molecule has 0 fully saturated rings. The maximum absolute atomic E-state index is 8.74. The molecular weight excluding hydrogens is 466 g/mol. The Labute approximate surface area is 143 Å². The summed E-state index contributed by atoms with van der Waals surface area (Å²) in [5.41, 5.74) is 1.28. The number of aryl methyl sites for hydroxylation is 1. The third-order valence-electron chi connectivity index (χ3n) is 3.18. The first-order valence-electron chi connectivity index (χ1n) is 7.17. The second-order valence-electron chi connectivity index (χ2n) is 4.86. The topological polar surface area (TPSA) is 49.7 Å². The summed E-state index contributed by atoms with van der Waals surface area (Å²) in [7, 11) is -2.31. The number of rotatable bonds is 10. The summed E-state index contributed by atoms with van der Waals surface area (Å²) in [5.74, 6) is 0.513. The zero-order valence-electron chi connectivity index (χ0n) is 12.4. The van der Waals surface area contributed by atoms with E-state index in [-0.39, 0.29) is 27.3 Å². The van der Waals surface area contributed by atoms with E-state index in [4.69, 9.17) is 14.3 Å². The first kappa shape index (κ1) is 20.3. The van der Waals surface area contributed by atoms with Crippen molar-refractivity contribution in [3.63, 3.8) is 0 Å². The molecule has 20 heavy (non-hydrogen) atoms. The van der Waals surface area contributed by atoms with E-state index in [9.17, 15) is 0 Å². The molecule has 0 aromatic heterocycles. The van der Waals surface area contributed by atoms with Gasteiger partial charge in [0.15, 0.2) is 0 Å². The van der Waals surface area contributed by atoms with Crippen LogP contribution in [0.4, 0.5) is 0 Å². The van der Waals surface area contributed by atoms with Crippen LogP contribution >= 0.6 is 8.60 Å². The Morgan fingerprint density at radius 2 is 1.45 bits per heavy atom. The molecule has 114 valence electrons. The van der Waals surface area contributed by atoms with Crippen molar-refractivity contribution in [2.75, 3.05) is 0 Å². The van der Waals surface area contributed by atoms with E-state index in [1.54, 1.807) is 12.1 Å². The molecule has 5 heteroatoms. The molecule has 1 aromatic rings. The molecule has 2 radical (unpaired) electrons. The van der Waals surface area contributed by atoms with Crippen LogP contribution in [0, 0.1) is 0 Å². The van der Waals surface area contributed by atoms with Gasteiger partial charge >= 0.3 is 35.9 Å². The normalized spacial score (nSPS) is 10.4. The molecule has 2 N–H and O–H groups in total. The van der Waals surface area contributed by atoms with Gasteiger partial charge in [-0.05, 0) is 30.5 Å². The molecule has 0 heterocycles. The Balaban J connectivity index is 0.00000361. The Morgan fingerprint density at radius 1 is 0.900 bits per heavy atom. The fourth-order valence-electron chi connectivity index (χ4n) is 2.10. The van der Waals surface area contributed by atoms with Crippen molar-refractivity contribution in [1.29, 1.82) is 0 Å². The summed E-state index contributed by atoms with van der Waals surface area (Å²) in [6, 6.07) is 7.56. The van der Waals surface area contributed by atoms with Crippen LogP contribution in [0.1, 0.15) is 57.4 Å². The summed E-state index contributed by atoms with van der Waals surface area (Å²) in [4.78, 5) is 17.5.